The van der Waals surface area contributed by atoms with Gasteiger partial charge in [0.2, 0.25) is 0 Å². The number of anilines is 1. The fraction of sp³-hybridized carbons (Fsp3) is 0.409. The van der Waals surface area contributed by atoms with Crippen molar-refractivity contribution in [2.75, 3.05) is 30.6 Å². The van der Waals surface area contributed by atoms with Gasteiger partial charge in [-0.25, -0.2) is 8.42 Å². The zero-order valence-electron chi connectivity index (χ0n) is 18.0. The number of carbonyl (C=O) groups excluding carboxylic acids is 1. The van der Waals surface area contributed by atoms with E-state index in [1.54, 1.807) is 30.3 Å². The summed E-state index contributed by atoms with van der Waals surface area (Å²) in [5.74, 6) is 0.815. The van der Waals surface area contributed by atoms with Crippen molar-refractivity contribution in [2.24, 2.45) is 0 Å². The van der Waals surface area contributed by atoms with E-state index < -0.39 is 16.1 Å². The maximum atomic E-state index is 13.6. The molecule has 0 aromatic heterocycles. The van der Waals surface area contributed by atoms with Crippen molar-refractivity contribution < 1.29 is 27.4 Å². The maximum absolute atomic E-state index is 13.6. The van der Waals surface area contributed by atoms with Gasteiger partial charge in [0.25, 0.3) is 15.9 Å². The number of ether oxygens (including phenoxy) is 3. The summed E-state index contributed by atoms with van der Waals surface area (Å²) in [6, 6.07) is 11.3. The van der Waals surface area contributed by atoms with Gasteiger partial charge < -0.3 is 19.5 Å². The zero-order valence-corrected chi connectivity index (χ0v) is 18.8. The number of nitrogens with one attached hydrogen (secondary N) is 1. The topological polar surface area (TPSA) is 94.2 Å². The number of carbonyl (C=O) groups is 1. The molecule has 1 amide bonds. The highest BCUT2D eigenvalue weighted by Gasteiger charge is 2.37. The molecule has 8 nitrogen and oxygen atoms in total. The summed E-state index contributed by atoms with van der Waals surface area (Å²) in [7, 11) is -4.00. The Morgan fingerprint density at radius 3 is 2.52 bits per heavy atom. The van der Waals surface area contributed by atoms with E-state index in [9.17, 15) is 13.2 Å². The molecule has 31 heavy (non-hydrogen) atoms. The van der Waals surface area contributed by atoms with Crippen molar-refractivity contribution in [3.63, 3.8) is 0 Å². The third-order valence-electron chi connectivity index (χ3n) is 4.68. The van der Waals surface area contributed by atoms with Crippen molar-refractivity contribution in [1.29, 1.82) is 0 Å². The van der Waals surface area contributed by atoms with E-state index in [-0.39, 0.29) is 17.3 Å². The molecule has 9 heteroatoms. The lowest BCUT2D eigenvalue weighted by Crippen LogP contribution is -2.50. The lowest BCUT2D eigenvalue weighted by Gasteiger charge is -2.34. The molecule has 0 aliphatic carbocycles. The molecule has 1 aliphatic heterocycles. The summed E-state index contributed by atoms with van der Waals surface area (Å²) in [6.45, 7) is 6.75. The molecule has 0 saturated heterocycles. The average Bonchev–Trinajstić information content (AvgIpc) is 2.78. The Kier molecular flexibility index (Phi) is 7.27. The van der Waals surface area contributed by atoms with Crippen molar-refractivity contribution >= 4 is 21.6 Å². The van der Waals surface area contributed by atoms with Crippen LogP contribution < -0.4 is 23.8 Å². The highest BCUT2D eigenvalue weighted by atomic mass is 32.2. The molecule has 3 rings (SSSR count). The molecule has 2 aromatic carbocycles. The highest BCUT2D eigenvalue weighted by molar-refractivity contribution is 7.92. The van der Waals surface area contributed by atoms with E-state index in [0.29, 0.717) is 42.7 Å². The molecule has 1 N–H and O–H groups in total. The number of para-hydroxylation sites is 2. The number of nitrogens with zero attached hydrogens (tertiary/aromatic N) is 1. The number of hydrogen-bond acceptors (Lipinski definition) is 6. The summed E-state index contributed by atoms with van der Waals surface area (Å²) < 4.78 is 45.3. The molecule has 2 aromatic rings. The fourth-order valence-electron chi connectivity index (χ4n) is 3.25. The maximum Gasteiger partial charge on any atom is 0.264 e. The van der Waals surface area contributed by atoms with Gasteiger partial charge >= 0.3 is 0 Å². The van der Waals surface area contributed by atoms with Crippen LogP contribution in [0, 0.1) is 0 Å². The predicted octanol–water partition coefficient (Wildman–Crippen LogP) is 2.97. The van der Waals surface area contributed by atoms with Gasteiger partial charge in [0.15, 0.2) is 17.6 Å². The van der Waals surface area contributed by atoms with Gasteiger partial charge in [0.1, 0.15) is 5.75 Å². The molecular formula is C22H28N2O6S. The van der Waals surface area contributed by atoms with E-state index in [1.165, 1.54) is 16.4 Å². The number of amides is 1. The van der Waals surface area contributed by atoms with Crippen molar-refractivity contribution in [2.45, 2.75) is 38.2 Å². The standard InChI is InChI=1S/C22H28N2O6S/c1-4-13-23-22(25)21-15-24(17-9-7-8-10-18(17)30-21)31(26,27)16-11-12-19(28-5-2)20(14-16)29-6-3/h7-12,14,21H,4-6,13,15H2,1-3H3,(H,23,25). The summed E-state index contributed by atoms with van der Waals surface area (Å²) in [5, 5.41) is 2.77. The first-order chi connectivity index (χ1) is 14.9. The van der Waals surface area contributed by atoms with E-state index in [0.717, 1.165) is 6.42 Å². The first-order valence-corrected chi connectivity index (χ1v) is 11.8. The lowest BCUT2D eigenvalue weighted by molar-refractivity contribution is -0.127. The second kappa shape index (κ2) is 9.91. The summed E-state index contributed by atoms with van der Waals surface area (Å²) in [4.78, 5) is 12.6. The number of fused-ring (bicyclic) bond motifs is 1. The van der Waals surface area contributed by atoms with Gasteiger partial charge in [-0.15, -0.1) is 0 Å². The van der Waals surface area contributed by atoms with Crippen molar-refractivity contribution in [3.8, 4) is 17.2 Å². The molecule has 0 fully saturated rings. The van der Waals surface area contributed by atoms with Crippen LogP contribution in [0.3, 0.4) is 0 Å². The normalized spacial score (nSPS) is 15.6. The van der Waals surface area contributed by atoms with E-state index >= 15 is 0 Å². The third-order valence-corrected chi connectivity index (χ3v) is 6.46. The molecule has 0 spiro atoms. The third kappa shape index (κ3) is 4.87. The van der Waals surface area contributed by atoms with Crippen LogP contribution in [0.2, 0.25) is 0 Å². The smallest absolute Gasteiger partial charge is 0.264 e. The number of sulfonamides is 1. The molecule has 1 unspecified atom stereocenters. The van der Waals surface area contributed by atoms with Crippen molar-refractivity contribution in [1.82, 2.24) is 5.32 Å². The SMILES string of the molecule is CCCNC(=O)C1CN(S(=O)(=O)c2ccc(OCC)c(OCC)c2)c2ccccc2O1. The molecule has 0 radical (unpaired) electrons. The van der Waals surface area contributed by atoms with E-state index in [1.807, 2.05) is 20.8 Å². The van der Waals surface area contributed by atoms with Crippen LogP contribution in [-0.4, -0.2) is 46.7 Å². The van der Waals surface area contributed by atoms with Gasteiger partial charge in [-0.1, -0.05) is 19.1 Å². The van der Waals surface area contributed by atoms with Gasteiger partial charge in [-0.05, 0) is 44.5 Å². The minimum absolute atomic E-state index is 0.0452. The molecule has 1 atom stereocenters. The average molecular weight is 449 g/mol. The van der Waals surface area contributed by atoms with E-state index in [2.05, 4.69) is 5.32 Å². The number of benzene rings is 2. The first-order valence-electron chi connectivity index (χ1n) is 10.4. The molecule has 1 heterocycles. The van der Waals surface area contributed by atoms with E-state index in [4.69, 9.17) is 14.2 Å². The van der Waals surface area contributed by atoms with Gasteiger partial charge in [-0.2, -0.15) is 0 Å². The van der Waals surface area contributed by atoms with Crippen LogP contribution in [0.4, 0.5) is 5.69 Å². The van der Waals surface area contributed by atoms with Crippen LogP contribution in [0.1, 0.15) is 27.2 Å². The summed E-state index contributed by atoms with van der Waals surface area (Å²) in [6.07, 6.45) is -0.186. The minimum Gasteiger partial charge on any atom is -0.490 e. The van der Waals surface area contributed by atoms with Crippen LogP contribution in [0.15, 0.2) is 47.4 Å². The number of hydrogen-bond donors (Lipinski definition) is 1. The monoisotopic (exact) mass is 448 g/mol. The van der Waals surface area contributed by atoms with Gasteiger partial charge in [0.05, 0.1) is 30.3 Å². The Bertz CT molecular complexity index is 1020. The van der Waals surface area contributed by atoms with Crippen LogP contribution in [0.25, 0.3) is 0 Å². The summed E-state index contributed by atoms with van der Waals surface area (Å²) >= 11 is 0. The first kappa shape index (κ1) is 22.7. The molecule has 1 aliphatic rings. The van der Waals surface area contributed by atoms with Crippen LogP contribution in [0.5, 0.6) is 17.2 Å². The molecule has 0 saturated carbocycles. The summed E-state index contributed by atoms with van der Waals surface area (Å²) in [5.41, 5.74) is 0.383. The lowest BCUT2D eigenvalue weighted by atomic mass is 10.2. The van der Waals surface area contributed by atoms with Crippen LogP contribution >= 0.6 is 0 Å². The Hall–Kier alpha value is -2.94. The predicted molar refractivity (Wildman–Crippen MR) is 117 cm³/mol. The Labute approximate surface area is 183 Å². The molecule has 0 bridgehead atoms. The van der Waals surface area contributed by atoms with Gasteiger partial charge in [-0.3, -0.25) is 9.10 Å². The Morgan fingerprint density at radius 1 is 1.10 bits per heavy atom. The van der Waals surface area contributed by atoms with Gasteiger partial charge in [0, 0.05) is 12.6 Å². The Balaban J connectivity index is 2.00. The second-order valence-electron chi connectivity index (χ2n) is 6.88. The second-order valence-corrected chi connectivity index (χ2v) is 8.74. The quantitative estimate of drug-likeness (QED) is 0.634. The fourth-order valence-corrected chi connectivity index (χ4v) is 4.74. The van der Waals surface area contributed by atoms with Crippen LogP contribution in [-0.2, 0) is 14.8 Å². The zero-order chi connectivity index (χ0) is 22.4. The van der Waals surface area contributed by atoms with Crippen molar-refractivity contribution in [3.05, 3.63) is 42.5 Å². The highest BCUT2D eigenvalue weighted by Crippen LogP contribution is 2.38. The number of rotatable bonds is 9. The molecule has 168 valence electrons. The molecular weight excluding hydrogens is 420 g/mol. The Morgan fingerprint density at radius 2 is 1.81 bits per heavy atom. The minimum atomic E-state index is -4.00. The largest absolute Gasteiger partial charge is 0.490 e.